The highest BCUT2D eigenvalue weighted by molar-refractivity contribution is 5.13. The van der Waals surface area contributed by atoms with Crippen molar-refractivity contribution in [2.24, 2.45) is 5.41 Å². The zero-order valence-electron chi connectivity index (χ0n) is 10.4. The maximum absolute atomic E-state index is 5.84. The minimum atomic E-state index is 0.170. The summed E-state index contributed by atoms with van der Waals surface area (Å²) in [6.07, 6.45) is 1.09. The summed E-state index contributed by atoms with van der Waals surface area (Å²) in [6.45, 7) is 4.08. The molecule has 1 saturated heterocycles. The van der Waals surface area contributed by atoms with Crippen LogP contribution in [0.25, 0.3) is 0 Å². The molecule has 0 bridgehead atoms. The van der Waals surface area contributed by atoms with Crippen LogP contribution in [0.3, 0.4) is 0 Å². The Hall–Kier alpha value is -0.900. The van der Waals surface area contributed by atoms with Gasteiger partial charge in [0.25, 0.3) is 0 Å². The fourth-order valence-electron chi connectivity index (χ4n) is 2.29. The van der Waals surface area contributed by atoms with Crippen molar-refractivity contribution in [2.75, 3.05) is 33.4 Å². The Morgan fingerprint density at radius 2 is 2.18 bits per heavy atom. The Labute approximate surface area is 103 Å². The number of hydrogen-bond donors (Lipinski definition) is 1. The van der Waals surface area contributed by atoms with Crippen LogP contribution >= 0.6 is 0 Å². The molecule has 1 atom stereocenters. The van der Waals surface area contributed by atoms with Crippen molar-refractivity contribution in [3.63, 3.8) is 0 Å². The minimum absolute atomic E-state index is 0.170. The third-order valence-corrected chi connectivity index (χ3v) is 3.26. The molecule has 0 amide bonds. The molecule has 1 aliphatic rings. The molecule has 2 rings (SSSR count). The summed E-state index contributed by atoms with van der Waals surface area (Å²) in [6, 6.07) is 10.3. The van der Waals surface area contributed by atoms with E-state index in [4.69, 9.17) is 9.47 Å². The molecule has 1 aromatic rings. The lowest BCUT2D eigenvalue weighted by Gasteiger charge is -2.26. The topological polar surface area (TPSA) is 30.5 Å². The van der Waals surface area contributed by atoms with E-state index >= 15 is 0 Å². The summed E-state index contributed by atoms with van der Waals surface area (Å²) in [5.41, 5.74) is 1.40. The van der Waals surface area contributed by atoms with E-state index in [1.165, 1.54) is 5.56 Å². The highest BCUT2D eigenvalue weighted by Gasteiger charge is 2.34. The normalized spacial score (nSPS) is 24.1. The van der Waals surface area contributed by atoms with E-state index in [2.05, 4.69) is 17.4 Å². The Morgan fingerprint density at radius 3 is 2.82 bits per heavy atom. The van der Waals surface area contributed by atoms with Gasteiger partial charge in [-0.05, 0) is 19.0 Å². The second-order valence-corrected chi connectivity index (χ2v) is 4.81. The fourth-order valence-corrected chi connectivity index (χ4v) is 2.29. The predicted octanol–water partition coefficient (Wildman–Crippen LogP) is 1.83. The number of rotatable bonds is 6. The average molecular weight is 235 g/mol. The van der Waals surface area contributed by atoms with Gasteiger partial charge in [-0.2, -0.15) is 0 Å². The number of hydrogen-bond acceptors (Lipinski definition) is 3. The number of ether oxygens (including phenoxy) is 2. The summed E-state index contributed by atoms with van der Waals surface area (Å²) < 4.78 is 11.3. The standard InChI is InChI=1S/C14H21NO2/c1-15-10-14(7-8-16-11-14)12-17-9-13-5-3-2-4-6-13/h2-6,15H,7-12H2,1H3. The van der Waals surface area contributed by atoms with Gasteiger partial charge >= 0.3 is 0 Å². The monoisotopic (exact) mass is 235 g/mol. The van der Waals surface area contributed by atoms with E-state index in [1.807, 2.05) is 25.2 Å². The molecule has 0 aliphatic carbocycles. The van der Waals surface area contributed by atoms with Gasteiger partial charge in [-0.1, -0.05) is 30.3 Å². The Kier molecular flexibility index (Phi) is 4.54. The zero-order valence-corrected chi connectivity index (χ0v) is 10.4. The molecule has 94 valence electrons. The van der Waals surface area contributed by atoms with Gasteiger partial charge < -0.3 is 14.8 Å². The molecule has 17 heavy (non-hydrogen) atoms. The van der Waals surface area contributed by atoms with E-state index in [9.17, 15) is 0 Å². The van der Waals surface area contributed by atoms with Gasteiger partial charge in [0.2, 0.25) is 0 Å². The van der Waals surface area contributed by atoms with Gasteiger partial charge in [-0.25, -0.2) is 0 Å². The first-order valence-corrected chi connectivity index (χ1v) is 6.19. The molecule has 1 unspecified atom stereocenters. The van der Waals surface area contributed by atoms with E-state index < -0.39 is 0 Å². The molecular formula is C14H21NO2. The maximum Gasteiger partial charge on any atom is 0.0717 e. The van der Waals surface area contributed by atoms with Crippen LogP contribution < -0.4 is 5.32 Å². The molecule has 0 spiro atoms. The van der Waals surface area contributed by atoms with Gasteiger partial charge in [0, 0.05) is 18.6 Å². The molecule has 1 N–H and O–H groups in total. The number of nitrogens with one attached hydrogen (secondary N) is 1. The van der Waals surface area contributed by atoms with Crippen LogP contribution in [0.4, 0.5) is 0 Å². The molecule has 0 radical (unpaired) electrons. The van der Waals surface area contributed by atoms with Crippen LogP contribution in [0.1, 0.15) is 12.0 Å². The van der Waals surface area contributed by atoms with Crippen molar-refractivity contribution in [3.05, 3.63) is 35.9 Å². The van der Waals surface area contributed by atoms with Crippen molar-refractivity contribution in [1.82, 2.24) is 5.32 Å². The van der Waals surface area contributed by atoms with E-state index in [-0.39, 0.29) is 5.41 Å². The first-order valence-electron chi connectivity index (χ1n) is 6.19. The summed E-state index contributed by atoms with van der Waals surface area (Å²) >= 11 is 0. The first-order chi connectivity index (χ1) is 8.35. The second kappa shape index (κ2) is 6.15. The largest absolute Gasteiger partial charge is 0.381 e. The predicted molar refractivity (Wildman–Crippen MR) is 67.9 cm³/mol. The number of benzene rings is 1. The summed E-state index contributed by atoms with van der Waals surface area (Å²) in [5.74, 6) is 0. The van der Waals surface area contributed by atoms with Crippen molar-refractivity contribution >= 4 is 0 Å². The molecule has 1 fully saturated rings. The highest BCUT2D eigenvalue weighted by Crippen LogP contribution is 2.28. The van der Waals surface area contributed by atoms with E-state index in [1.54, 1.807) is 0 Å². The SMILES string of the molecule is CNCC1(COCc2ccccc2)CCOC1. The van der Waals surface area contributed by atoms with Crippen molar-refractivity contribution in [2.45, 2.75) is 13.0 Å². The lowest BCUT2D eigenvalue weighted by Crippen LogP contribution is -2.37. The Morgan fingerprint density at radius 1 is 1.35 bits per heavy atom. The van der Waals surface area contributed by atoms with Gasteiger partial charge in [0.15, 0.2) is 0 Å². The van der Waals surface area contributed by atoms with Gasteiger partial charge in [0.1, 0.15) is 0 Å². The first kappa shape index (κ1) is 12.6. The van der Waals surface area contributed by atoms with Crippen LogP contribution in [0.2, 0.25) is 0 Å². The van der Waals surface area contributed by atoms with E-state index in [0.717, 1.165) is 32.8 Å². The second-order valence-electron chi connectivity index (χ2n) is 4.81. The lowest BCUT2D eigenvalue weighted by atomic mass is 9.88. The maximum atomic E-state index is 5.84. The van der Waals surface area contributed by atoms with Gasteiger partial charge in [-0.3, -0.25) is 0 Å². The van der Waals surface area contributed by atoms with Gasteiger partial charge in [0.05, 0.1) is 19.8 Å². The smallest absolute Gasteiger partial charge is 0.0717 e. The average Bonchev–Trinajstić information content (AvgIpc) is 2.80. The molecule has 1 aromatic carbocycles. The molecule has 3 heteroatoms. The summed E-state index contributed by atoms with van der Waals surface area (Å²) in [5, 5.41) is 3.24. The molecule has 0 aromatic heterocycles. The molecule has 3 nitrogen and oxygen atoms in total. The van der Waals surface area contributed by atoms with Crippen molar-refractivity contribution < 1.29 is 9.47 Å². The molecule has 1 aliphatic heterocycles. The molecule has 0 saturated carbocycles. The third-order valence-electron chi connectivity index (χ3n) is 3.26. The van der Waals surface area contributed by atoms with Crippen LogP contribution in [-0.2, 0) is 16.1 Å². The third kappa shape index (κ3) is 3.53. The van der Waals surface area contributed by atoms with Crippen molar-refractivity contribution in [1.29, 1.82) is 0 Å². The zero-order chi connectivity index (χ0) is 12.0. The Balaban J connectivity index is 1.80. The van der Waals surface area contributed by atoms with Crippen LogP contribution in [0.15, 0.2) is 30.3 Å². The Bertz CT molecular complexity index is 320. The highest BCUT2D eigenvalue weighted by atomic mass is 16.5. The summed E-state index contributed by atoms with van der Waals surface area (Å²) in [4.78, 5) is 0. The summed E-state index contributed by atoms with van der Waals surface area (Å²) in [7, 11) is 1.98. The molecular weight excluding hydrogens is 214 g/mol. The van der Waals surface area contributed by atoms with Gasteiger partial charge in [-0.15, -0.1) is 0 Å². The molecule has 1 heterocycles. The van der Waals surface area contributed by atoms with Crippen LogP contribution in [-0.4, -0.2) is 33.4 Å². The minimum Gasteiger partial charge on any atom is -0.381 e. The van der Waals surface area contributed by atoms with Crippen LogP contribution in [0, 0.1) is 5.41 Å². The quantitative estimate of drug-likeness (QED) is 0.816. The lowest BCUT2D eigenvalue weighted by molar-refractivity contribution is 0.0261. The fraction of sp³-hybridized carbons (Fsp3) is 0.571. The van der Waals surface area contributed by atoms with E-state index in [0.29, 0.717) is 6.61 Å². The van der Waals surface area contributed by atoms with Crippen LogP contribution in [0.5, 0.6) is 0 Å². The van der Waals surface area contributed by atoms with Crippen molar-refractivity contribution in [3.8, 4) is 0 Å².